The minimum atomic E-state index is -3.98. The molecule has 8 nitrogen and oxygen atoms in total. The number of carbonyl (C=O) groups is 1. The maximum Gasteiger partial charge on any atom is 0.422 e. The van der Waals surface area contributed by atoms with Crippen molar-refractivity contribution in [3.63, 3.8) is 0 Å². The summed E-state index contributed by atoms with van der Waals surface area (Å²) in [5.74, 6) is 0. The highest BCUT2D eigenvalue weighted by atomic mass is 32.2. The van der Waals surface area contributed by atoms with Crippen molar-refractivity contribution in [3.8, 4) is 0 Å². The summed E-state index contributed by atoms with van der Waals surface area (Å²) in [4.78, 5) is 13.1. The molecule has 0 atom stereocenters. The molecule has 1 aromatic carbocycles. The van der Waals surface area contributed by atoms with Crippen LogP contribution in [0.25, 0.3) is 0 Å². The monoisotopic (exact) mass is 314 g/mol. The second kappa shape index (κ2) is 6.64. The van der Waals surface area contributed by atoms with Gasteiger partial charge >= 0.3 is 16.3 Å². The fraction of sp³-hybridized carbons (Fsp3) is 0.417. The van der Waals surface area contributed by atoms with Crippen LogP contribution >= 0.6 is 0 Å². The number of rotatable bonds is 4. The van der Waals surface area contributed by atoms with E-state index >= 15 is 0 Å². The van der Waals surface area contributed by atoms with Gasteiger partial charge in [0, 0.05) is 31.9 Å². The number of piperazine rings is 1. The van der Waals surface area contributed by atoms with Gasteiger partial charge in [0.2, 0.25) is 0 Å². The van der Waals surface area contributed by atoms with Crippen molar-refractivity contribution in [2.24, 2.45) is 0 Å². The minimum Gasteiger partial charge on any atom is -0.452 e. The molecule has 116 valence electrons. The van der Waals surface area contributed by atoms with E-state index in [0.29, 0.717) is 5.69 Å². The summed E-state index contributed by atoms with van der Waals surface area (Å²) in [5, 5.41) is 3.27. The predicted octanol–water partition coefficient (Wildman–Crippen LogP) is 0.109. The summed E-state index contributed by atoms with van der Waals surface area (Å²) < 4.78 is 31.4. The molecule has 1 amide bonds. The first-order valence-electron chi connectivity index (χ1n) is 6.44. The first-order valence-corrected chi connectivity index (χ1v) is 7.93. The highest BCUT2D eigenvalue weighted by Crippen LogP contribution is 2.18. The molecule has 0 radical (unpaired) electrons. The van der Waals surface area contributed by atoms with Crippen LogP contribution in [-0.2, 0) is 14.9 Å². The average molecular weight is 314 g/mol. The number of carbonyl (C=O) groups excluding carboxylic acids is 1. The van der Waals surface area contributed by atoms with E-state index in [0.717, 1.165) is 39.0 Å². The Morgan fingerprint density at radius 2 is 1.86 bits per heavy atom. The van der Waals surface area contributed by atoms with Crippen LogP contribution in [0.2, 0.25) is 0 Å². The summed E-state index contributed by atoms with van der Waals surface area (Å²) in [5.41, 5.74) is 1.39. The van der Waals surface area contributed by atoms with Gasteiger partial charge in [-0.05, 0) is 24.3 Å². The van der Waals surface area contributed by atoms with Gasteiger partial charge in [-0.15, -0.1) is 0 Å². The van der Waals surface area contributed by atoms with Crippen LogP contribution in [0.4, 0.5) is 16.2 Å². The standard InChI is InChI=1S/C12H18N4O4S/c1-20-12(17)15-21(18,19)14-10-2-4-11(5-3-10)16-8-6-13-7-9-16/h2-5,13-14H,6-9H2,1H3,(H,15,17). The molecule has 0 unspecified atom stereocenters. The van der Waals surface area contributed by atoms with Crippen LogP contribution in [0.3, 0.4) is 0 Å². The van der Waals surface area contributed by atoms with Crippen LogP contribution in [-0.4, -0.2) is 47.8 Å². The summed E-state index contributed by atoms with van der Waals surface area (Å²) in [7, 11) is -2.89. The zero-order chi connectivity index (χ0) is 15.3. The van der Waals surface area contributed by atoms with Gasteiger partial charge in [0.05, 0.1) is 12.8 Å². The van der Waals surface area contributed by atoms with Gasteiger partial charge in [-0.1, -0.05) is 0 Å². The predicted molar refractivity (Wildman–Crippen MR) is 79.6 cm³/mol. The molecule has 1 aromatic rings. The molecule has 0 aliphatic carbocycles. The van der Waals surface area contributed by atoms with Crippen molar-refractivity contribution in [1.82, 2.24) is 10.0 Å². The summed E-state index contributed by atoms with van der Waals surface area (Å²) in [6.45, 7) is 3.68. The number of hydrogen-bond donors (Lipinski definition) is 3. The van der Waals surface area contributed by atoms with Crippen LogP contribution in [0, 0.1) is 0 Å². The highest BCUT2D eigenvalue weighted by Gasteiger charge is 2.15. The lowest BCUT2D eigenvalue weighted by Crippen LogP contribution is -2.43. The Bertz CT molecular complexity index is 582. The van der Waals surface area contributed by atoms with Crippen LogP contribution in [0.15, 0.2) is 24.3 Å². The Balaban J connectivity index is 2.00. The Hall–Kier alpha value is -2.00. The van der Waals surface area contributed by atoms with Crippen molar-refractivity contribution in [2.75, 3.05) is 42.9 Å². The Morgan fingerprint density at radius 3 is 2.43 bits per heavy atom. The van der Waals surface area contributed by atoms with Gasteiger partial charge in [0.1, 0.15) is 0 Å². The smallest absolute Gasteiger partial charge is 0.422 e. The number of benzene rings is 1. The molecule has 1 fully saturated rings. The van der Waals surface area contributed by atoms with Crippen LogP contribution < -0.4 is 19.7 Å². The van der Waals surface area contributed by atoms with E-state index in [1.807, 2.05) is 12.1 Å². The fourth-order valence-corrected chi connectivity index (χ4v) is 2.80. The molecule has 3 N–H and O–H groups in total. The largest absolute Gasteiger partial charge is 0.452 e. The van der Waals surface area contributed by atoms with Gasteiger partial charge in [-0.25, -0.2) is 9.52 Å². The maximum absolute atomic E-state index is 11.6. The number of nitrogens with one attached hydrogen (secondary N) is 3. The molecule has 1 saturated heterocycles. The molecule has 0 saturated carbocycles. The fourth-order valence-electron chi connectivity index (χ4n) is 2.00. The van der Waals surface area contributed by atoms with Crippen molar-refractivity contribution in [2.45, 2.75) is 0 Å². The van der Waals surface area contributed by atoms with Crippen molar-refractivity contribution < 1.29 is 17.9 Å². The first-order chi connectivity index (χ1) is 10.00. The van der Waals surface area contributed by atoms with Gasteiger partial charge in [-0.3, -0.25) is 4.72 Å². The highest BCUT2D eigenvalue weighted by molar-refractivity contribution is 7.91. The maximum atomic E-state index is 11.6. The van der Waals surface area contributed by atoms with E-state index in [2.05, 4.69) is 19.7 Å². The lowest BCUT2D eigenvalue weighted by molar-refractivity contribution is 0.177. The summed E-state index contributed by atoms with van der Waals surface area (Å²) in [6, 6.07) is 6.96. The molecular weight excluding hydrogens is 296 g/mol. The topological polar surface area (TPSA) is 99.8 Å². The molecule has 1 heterocycles. The van der Waals surface area contributed by atoms with Crippen LogP contribution in [0.5, 0.6) is 0 Å². The molecule has 2 rings (SSSR count). The van der Waals surface area contributed by atoms with E-state index < -0.39 is 16.3 Å². The lowest BCUT2D eigenvalue weighted by Gasteiger charge is -2.29. The SMILES string of the molecule is COC(=O)NS(=O)(=O)Nc1ccc(N2CCNCC2)cc1. The van der Waals surface area contributed by atoms with Gasteiger partial charge in [-0.2, -0.15) is 8.42 Å². The van der Waals surface area contributed by atoms with E-state index in [9.17, 15) is 13.2 Å². The Kier molecular flexibility index (Phi) is 4.86. The van der Waals surface area contributed by atoms with Gasteiger partial charge < -0.3 is 15.0 Å². The molecule has 1 aliphatic heterocycles. The number of hydrogen-bond acceptors (Lipinski definition) is 6. The quantitative estimate of drug-likeness (QED) is 0.729. The zero-order valence-electron chi connectivity index (χ0n) is 11.6. The molecule has 0 bridgehead atoms. The van der Waals surface area contributed by atoms with Crippen molar-refractivity contribution in [1.29, 1.82) is 0 Å². The normalized spacial score (nSPS) is 15.4. The zero-order valence-corrected chi connectivity index (χ0v) is 12.4. The van der Waals surface area contributed by atoms with E-state index in [-0.39, 0.29) is 0 Å². The van der Waals surface area contributed by atoms with Crippen LogP contribution in [0.1, 0.15) is 0 Å². The number of anilines is 2. The lowest BCUT2D eigenvalue weighted by atomic mass is 10.2. The third-order valence-electron chi connectivity index (χ3n) is 3.00. The first kappa shape index (κ1) is 15.4. The second-order valence-corrected chi connectivity index (χ2v) is 5.90. The summed E-state index contributed by atoms with van der Waals surface area (Å²) >= 11 is 0. The van der Waals surface area contributed by atoms with Crippen molar-refractivity contribution >= 4 is 27.7 Å². The van der Waals surface area contributed by atoms with E-state index in [1.54, 1.807) is 16.9 Å². The molecular formula is C12H18N4O4S. The Labute approximate surface area is 123 Å². The third-order valence-corrected chi connectivity index (χ3v) is 3.94. The number of amides is 1. The van der Waals surface area contributed by atoms with Gasteiger partial charge in [0.15, 0.2) is 0 Å². The molecule has 21 heavy (non-hydrogen) atoms. The summed E-state index contributed by atoms with van der Waals surface area (Å²) in [6.07, 6.45) is -1.04. The number of methoxy groups -OCH3 is 1. The number of nitrogens with zero attached hydrogens (tertiary/aromatic N) is 1. The second-order valence-electron chi connectivity index (χ2n) is 4.48. The molecule has 9 heteroatoms. The number of ether oxygens (including phenoxy) is 1. The molecule has 0 aromatic heterocycles. The molecule has 1 aliphatic rings. The van der Waals surface area contributed by atoms with Crippen molar-refractivity contribution in [3.05, 3.63) is 24.3 Å². The van der Waals surface area contributed by atoms with Gasteiger partial charge in [0.25, 0.3) is 0 Å². The third kappa shape index (κ3) is 4.50. The average Bonchev–Trinajstić information content (AvgIpc) is 2.48. The Morgan fingerprint density at radius 1 is 1.24 bits per heavy atom. The van der Waals surface area contributed by atoms with E-state index in [4.69, 9.17) is 0 Å². The van der Waals surface area contributed by atoms with E-state index in [1.165, 1.54) is 0 Å². The molecule has 0 spiro atoms. The minimum absolute atomic E-state index is 0.366.